The Morgan fingerprint density at radius 2 is 1.91 bits per heavy atom. The van der Waals surface area contributed by atoms with Crippen LogP contribution in [0.5, 0.6) is 0 Å². The Balaban J connectivity index is 1.57. The van der Waals surface area contributed by atoms with Gasteiger partial charge in [0.05, 0.1) is 12.2 Å². The number of aryl methyl sites for hydroxylation is 2. The summed E-state index contributed by atoms with van der Waals surface area (Å²) in [7, 11) is 1.54. The molecule has 1 atom stereocenters. The van der Waals surface area contributed by atoms with Gasteiger partial charge >= 0.3 is 18.0 Å². The molecule has 1 unspecified atom stereocenters. The van der Waals surface area contributed by atoms with Crippen LogP contribution in [0.1, 0.15) is 23.9 Å². The number of imide groups is 1. The number of benzene rings is 1. The summed E-state index contributed by atoms with van der Waals surface area (Å²) in [5, 5.41) is 4.47. The number of aliphatic imine (C=N–C) groups is 1. The molecule has 0 N–H and O–H groups in total. The lowest BCUT2D eigenvalue weighted by Crippen LogP contribution is -2.63. The Bertz CT molecular complexity index is 1150. The molecule has 3 amide bonds. The van der Waals surface area contributed by atoms with Gasteiger partial charge in [-0.3, -0.25) is 14.5 Å². The van der Waals surface area contributed by atoms with Crippen molar-refractivity contribution >= 4 is 29.7 Å². The Hall–Kier alpha value is -3.82. The molecular formula is C22H25N6O4+. The first-order chi connectivity index (χ1) is 15.3. The summed E-state index contributed by atoms with van der Waals surface area (Å²) in [4.78, 5) is 45.4. The number of nitrogens with zero attached hydrogens (tertiary/aromatic N) is 6. The second kappa shape index (κ2) is 8.37. The highest BCUT2D eigenvalue weighted by Gasteiger charge is 2.53. The highest BCUT2D eigenvalue weighted by atomic mass is 16.5. The van der Waals surface area contributed by atoms with Gasteiger partial charge in [0.15, 0.2) is 0 Å². The number of amidine groups is 1. The SMILES string of the molecule is CC[N+]1=C(n2nc(C)cc2C)N=C2C1C(=O)N(CC(=O)OCc1ccccc1)C(=O)N2C. The molecule has 0 aliphatic carbocycles. The summed E-state index contributed by atoms with van der Waals surface area (Å²) >= 11 is 0. The van der Waals surface area contributed by atoms with Crippen LogP contribution in [0.4, 0.5) is 4.79 Å². The van der Waals surface area contributed by atoms with Crippen molar-refractivity contribution in [3.05, 3.63) is 53.3 Å². The van der Waals surface area contributed by atoms with Crippen LogP contribution in [-0.2, 0) is 20.9 Å². The molecule has 166 valence electrons. The number of likely N-dealkylation sites (N-methyl/N-ethyl adjacent to an activating group) is 2. The summed E-state index contributed by atoms with van der Waals surface area (Å²) in [6.07, 6.45) is 0. The molecule has 10 heteroatoms. The van der Waals surface area contributed by atoms with E-state index in [0.717, 1.165) is 21.9 Å². The molecule has 1 aromatic carbocycles. The van der Waals surface area contributed by atoms with Crippen LogP contribution in [0.3, 0.4) is 0 Å². The van der Waals surface area contributed by atoms with Crippen LogP contribution in [0.2, 0.25) is 0 Å². The van der Waals surface area contributed by atoms with Gasteiger partial charge in [0, 0.05) is 7.05 Å². The minimum absolute atomic E-state index is 0.0683. The standard InChI is InChI=1S/C22H25N6O4/c1-5-26-18-19(23-21(26)28-15(3)11-14(2)24-28)25(4)22(31)27(20(18)30)12-17(29)32-13-16-9-7-6-8-10-16/h6-11,18H,5,12-13H2,1-4H3/q+1. The maximum atomic E-state index is 13.3. The van der Waals surface area contributed by atoms with Crippen molar-refractivity contribution in [1.29, 1.82) is 0 Å². The Kier molecular flexibility index (Phi) is 5.60. The van der Waals surface area contributed by atoms with Gasteiger partial charge in [0.1, 0.15) is 18.8 Å². The minimum atomic E-state index is -0.816. The van der Waals surface area contributed by atoms with E-state index in [1.54, 1.807) is 16.3 Å². The van der Waals surface area contributed by atoms with Crippen LogP contribution in [0.25, 0.3) is 0 Å². The molecule has 0 spiro atoms. The van der Waals surface area contributed by atoms with Crippen molar-refractivity contribution in [2.24, 2.45) is 4.99 Å². The first-order valence-corrected chi connectivity index (χ1v) is 10.4. The van der Waals surface area contributed by atoms with Gasteiger partial charge < -0.3 is 4.74 Å². The van der Waals surface area contributed by atoms with E-state index in [1.165, 1.54) is 4.90 Å². The van der Waals surface area contributed by atoms with Crippen LogP contribution < -0.4 is 0 Å². The lowest BCUT2D eigenvalue weighted by atomic mass is 10.1. The van der Waals surface area contributed by atoms with Gasteiger partial charge in [-0.1, -0.05) is 35.3 Å². The molecule has 0 bridgehead atoms. The number of carbonyl (C=O) groups is 3. The fourth-order valence-electron chi connectivity index (χ4n) is 3.89. The molecule has 2 aromatic rings. The number of hydrogen-bond acceptors (Lipinski definition) is 6. The van der Waals surface area contributed by atoms with E-state index in [1.807, 2.05) is 57.2 Å². The highest BCUT2D eigenvalue weighted by molar-refractivity contribution is 6.23. The van der Waals surface area contributed by atoms with Crippen molar-refractivity contribution in [2.75, 3.05) is 20.1 Å². The fourth-order valence-corrected chi connectivity index (χ4v) is 3.89. The molecule has 10 nitrogen and oxygen atoms in total. The van der Waals surface area contributed by atoms with E-state index in [2.05, 4.69) is 10.1 Å². The zero-order valence-electron chi connectivity index (χ0n) is 18.5. The van der Waals surface area contributed by atoms with Crippen LogP contribution >= 0.6 is 0 Å². The van der Waals surface area contributed by atoms with Gasteiger partial charge in [-0.15, -0.1) is 9.78 Å². The summed E-state index contributed by atoms with van der Waals surface area (Å²) in [5.41, 5.74) is 2.50. The zero-order chi connectivity index (χ0) is 23.0. The van der Waals surface area contributed by atoms with Crippen LogP contribution in [0.15, 0.2) is 41.4 Å². The van der Waals surface area contributed by atoms with Gasteiger partial charge in [-0.2, -0.15) is 0 Å². The number of ether oxygens (including phenoxy) is 1. The molecule has 1 saturated heterocycles. The molecule has 2 aliphatic rings. The Morgan fingerprint density at radius 3 is 2.53 bits per heavy atom. The Morgan fingerprint density at radius 1 is 1.19 bits per heavy atom. The number of esters is 1. The maximum absolute atomic E-state index is 13.3. The van der Waals surface area contributed by atoms with Crippen molar-refractivity contribution in [2.45, 2.75) is 33.4 Å². The smallest absolute Gasteiger partial charge is 0.421 e. The number of urea groups is 1. The first-order valence-electron chi connectivity index (χ1n) is 10.4. The van der Waals surface area contributed by atoms with E-state index in [-0.39, 0.29) is 6.61 Å². The second-order valence-corrected chi connectivity index (χ2v) is 7.71. The summed E-state index contributed by atoms with van der Waals surface area (Å²) in [5.74, 6) is -0.382. The molecule has 1 aromatic heterocycles. The van der Waals surface area contributed by atoms with E-state index in [9.17, 15) is 14.4 Å². The molecule has 1 fully saturated rings. The van der Waals surface area contributed by atoms with Gasteiger partial charge in [0.25, 0.3) is 5.91 Å². The predicted octanol–water partition coefficient (Wildman–Crippen LogP) is 1.15. The van der Waals surface area contributed by atoms with Crippen LogP contribution in [0, 0.1) is 13.8 Å². The average molecular weight is 437 g/mol. The topological polar surface area (TPSA) is 100 Å². The molecular weight excluding hydrogens is 412 g/mol. The Labute approximate surface area is 185 Å². The lowest BCUT2D eigenvalue weighted by molar-refractivity contribution is -0.534. The number of hydrogen-bond donors (Lipinski definition) is 0. The largest absolute Gasteiger partial charge is 0.459 e. The molecule has 3 heterocycles. The normalized spacial score (nSPS) is 18.2. The van der Waals surface area contributed by atoms with Gasteiger partial charge in [0.2, 0.25) is 11.9 Å². The third-order valence-electron chi connectivity index (χ3n) is 5.46. The third-order valence-corrected chi connectivity index (χ3v) is 5.46. The monoisotopic (exact) mass is 437 g/mol. The molecule has 4 rings (SSSR count). The fraction of sp³-hybridized carbons (Fsp3) is 0.364. The predicted molar refractivity (Wildman–Crippen MR) is 115 cm³/mol. The van der Waals surface area contributed by atoms with Crippen molar-refractivity contribution < 1.29 is 23.7 Å². The number of rotatable bonds is 5. The van der Waals surface area contributed by atoms with Crippen molar-refractivity contribution in [1.82, 2.24) is 19.6 Å². The van der Waals surface area contributed by atoms with Crippen molar-refractivity contribution in [3.8, 4) is 0 Å². The molecule has 2 aliphatic heterocycles. The average Bonchev–Trinajstić information content (AvgIpc) is 3.33. The van der Waals surface area contributed by atoms with Gasteiger partial charge in [-0.05, 0) is 32.4 Å². The number of fused-ring (bicyclic) bond motifs is 1. The zero-order valence-corrected chi connectivity index (χ0v) is 18.5. The van der Waals surface area contributed by atoms with Gasteiger partial charge in [-0.25, -0.2) is 14.3 Å². The summed E-state index contributed by atoms with van der Waals surface area (Å²) in [6.45, 7) is 5.73. The third kappa shape index (κ3) is 3.68. The van der Waals surface area contributed by atoms with E-state index < -0.39 is 30.5 Å². The quantitative estimate of drug-likeness (QED) is 0.516. The van der Waals surface area contributed by atoms with Crippen LogP contribution in [-0.4, -0.2) is 80.0 Å². The first kappa shape index (κ1) is 21.4. The number of amides is 3. The lowest BCUT2D eigenvalue weighted by Gasteiger charge is -2.33. The highest BCUT2D eigenvalue weighted by Crippen LogP contribution is 2.21. The molecule has 0 saturated carbocycles. The van der Waals surface area contributed by atoms with E-state index in [4.69, 9.17) is 4.74 Å². The molecule has 0 radical (unpaired) electrons. The number of aromatic nitrogens is 2. The van der Waals surface area contributed by atoms with E-state index in [0.29, 0.717) is 18.3 Å². The summed E-state index contributed by atoms with van der Waals surface area (Å²) in [6, 6.07) is 9.68. The number of carbonyl (C=O) groups excluding carboxylic acids is 3. The second-order valence-electron chi connectivity index (χ2n) is 7.71. The minimum Gasteiger partial charge on any atom is -0.459 e. The summed E-state index contributed by atoms with van der Waals surface area (Å²) < 4.78 is 8.71. The van der Waals surface area contributed by atoms with Crippen molar-refractivity contribution in [3.63, 3.8) is 0 Å². The van der Waals surface area contributed by atoms with E-state index >= 15 is 0 Å². The molecule has 32 heavy (non-hydrogen) atoms. The maximum Gasteiger partial charge on any atom is 0.421 e.